The molecule has 1 fully saturated rings. The summed E-state index contributed by atoms with van der Waals surface area (Å²) in [6.45, 7) is 4.56. The Bertz CT molecular complexity index is 1080. The summed E-state index contributed by atoms with van der Waals surface area (Å²) in [5, 5.41) is 9.14. The molecule has 0 bridgehead atoms. The number of benzene rings is 1. The van der Waals surface area contributed by atoms with Crippen LogP contribution < -0.4 is 4.90 Å². The molecule has 1 aliphatic rings. The molecule has 2 aromatic heterocycles. The number of aryl methyl sites for hydroxylation is 1. The fourth-order valence-electron chi connectivity index (χ4n) is 3.71. The molecule has 3 heterocycles. The average Bonchev–Trinajstić information content (AvgIpc) is 3.15. The molecule has 1 unspecified atom stereocenters. The minimum atomic E-state index is -3.29. The summed E-state index contributed by atoms with van der Waals surface area (Å²) in [5.74, 6) is 2.04. The molecule has 9 heteroatoms. The van der Waals surface area contributed by atoms with Crippen molar-refractivity contribution in [2.45, 2.75) is 37.1 Å². The van der Waals surface area contributed by atoms with Gasteiger partial charge in [0.05, 0.1) is 10.4 Å². The van der Waals surface area contributed by atoms with Gasteiger partial charge in [0, 0.05) is 37.2 Å². The van der Waals surface area contributed by atoms with Gasteiger partial charge in [0.2, 0.25) is 0 Å². The molecule has 8 nitrogen and oxygen atoms in total. The normalized spacial score (nSPS) is 18.1. The summed E-state index contributed by atoms with van der Waals surface area (Å²) in [4.78, 5) is 11.3. The maximum atomic E-state index is 12.0. The van der Waals surface area contributed by atoms with Crippen LogP contribution in [-0.4, -0.2) is 52.5 Å². The highest BCUT2D eigenvalue weighted by molar-refractivity contribution is 7.90. The van der Waals surface area contributed by atoms with Crippen molar-refractivity contribution in [3.8, 4) is 0 Å². The van der Waals surface area contributed by atoms with Crippen molar-refractivity contribution >= 4 is 26.6 Å². The number of fused-ring (bicyclic) bond motifs is 1. The Balaban J connectivity index is 1.73. The summed E-state index contributed by atoms with van der Waals surface area (Å²) in [5.41, 5.74) is 0.742. The van der Waals surface area contributed by atoms with Crippen molar-refractivity contribution in [3.63, 3.8) is 0 Å². The number of nitrogens with zero attached hydrogens (tertiary/aromatic N) is 6. The van der Waals surface area contributed by atoms with E-state index in [0.29, 0.717) is 0 Å². The standard InChI is InChI=1S/C18H22N6O2S/c1-3-23-12-21-22-17(23)13-5-4-8-24(10-13)18-15-9-14(27(2,25)26)6-7-16(15)19-11-20-18/h6-7,9,11-13H,3-5,8,10H2,1-2H3. The molecule has 0 saturated carbocycles. The molecular weight excluding hydrogens is 364 g/mol. The van der Waals surface area contributed by atoms with Gasteiger partial charge < -0.3 is 9.47 Å². The highest BCUT2D eigenvalue weighted by Gasteiger charge is 2.27. The van der Waals surface area contributed by atoms with Gasteiger partial charge in [-0.25, -0.2) is 18.4 Å². The third-order valence-corrected chi connectivity index (χ3v) is 6.20. The summed E-state index contributed by atoms with van der Waals surface area (Å²) in [6, 6.07) is 5.02. The molecule has 3 aromatic rings. The Morgan fingerprint density at radius 1 is 1.26 bits per heavy atom. The lowest BCUT2D eigenvalue weighted by Crippen LogP contribution is -2.36. The summed E-state index contributed by atoms with van der Waals surface area (Å²) >= 11 is 0. The van der Waals surface area contributed by atoms with Crippen LogP contribution in [0.5, 0.6) is 0 Å². The first kappa shape index (κ1) is 17.8. The first-order valence-electron chi connectivity index (χ1n) is 9.05. The van der Waals surface area contributed by atoms with E-state index in [0.717, 1.165) is 55.0 Å². The Morgan fingerprint density at radius 2 is 2.11 bits per heavy atom. The van der Waals surface area contributed by atoms with Crippen LogP contribution in [0.3, 0.4) is 0 Å². The van der Waals surface area contributed by atoms with Crippen LogP contribution in [0, 0.1) is 0 Å². The first-order valence-corrected chi connectivity index (χ1v) is 10.9. The van der Waals surface area contributed by atoms with E-state index in [4.69, 9.17) is 0 Å². The van der Waals surface area contributed by atoms with Crippen LogP contribution in [-0.2, 0) is 16.4 Å². The molecule has 0 radical (unpaired) electrons. The number of piperidine rings is 1. The van der Waals surface area contributed by atoms with E-state index < -0.39 is 9.84 Å². The number of hydrogen-bond donors (Lipinski definition) is 0. The van der Waals surface area contributed by atoms with Crippen molar-refractivity contribution in [2.75, 3.05) is 24.2 Å². The number of rotatable bonds is 4. The second-order valence-corrected chi connectivity index (χ2v) is 8.92. The van der Waals surface area contributed by atoms with E-state index in [9.17, 15) is 8.42 Å². The molecule has 0 spiro atoms. The molecule has 1 aliphatic heterocycles. The minimum absolute atomic E-state index is 0.268. The van der Waals surface area contributed by atoms with Gasteiger partial charge >= 0.3 is 0 Å². The van der Waals surface area contributed by atoms with Crippen LogP contribution in [0.25, 0.3) is 10.9 Å². The SMILES string of the molecule is CCn1cnnc1C1CCCN(c2ncnc3ccc(S(C)(=O)=O)cc23)C1. The molecule has 1 atom stereocenters. The van der Waals surface area contributed by atoms with Gasteiger partial charge in [-0.2, -0.15) is 0 Å². The average molecular weight is 386 g/mol. The quantitative estimate of drug-likeness (QED) is 0.677. The smallest absolute Gasteiger partial charge is 0.175 e. The minimum Gasteiger partial charge on any atom is -0.355 e. The lowest BCUT2D eigenvalue weighted by molar-refractivity contribution is 0.471. The second kappa shape index (κ2) is 6.88. The van der Waals surface area contributed by atoms with Gasteiger partial charge in [0.1, 0.15) is 24.3 Å². The van der Waals surface area contributed by atoms with Gasteiger partial charge in [-0.15, -0.1) is 10.2 Å². The molecule has 0 aliphatic carbocycles. The van der Waals surface area contributed by atoms with Crippen molar-refractivity contribution in [1.82, 2.24) is 24.7 Å². The summed E-state index contributed by atoms with van der Waals surface area (Å²) in [6.07, 6.45) is 6.58. The van der Waals surface area contributed by atoms with Gasteiger partial charge in [-0.05, 0) is 38.0 Å². The topological polar surface area (TPSA) is 93.9 Å². The Kier molecular flexibility index (Phi) is 4.55. The van der Waals surface area contributed by atoms with Crippen LogP contribution in [0.1, 0.15) is 31.5 Å². The van der Waals surface area contributed by atoms with Crippen molar-refractivity contribution in [1.29, 1.82) is 0 Å². The van der Waals surface area contributed by atoms with E-state index in [-0.39, 0.29) is 10.8 Å². The first-order chi connectivity index (χ1) is 13.0. The number of aromatic nitrogens is 5. The Hall–Kier alpha value is -2.55. The van der Waals surface area contributed by atoms with Gasteiger partial charge in [-0.1, -0.05) is 0 Å². The van der Waals surface area contributed by atoms with Crippen molar-refractivity contribution in [2.24, 2.45) is 0 Å². The maximum Gasteiger partial charge on any atom is 0.175 e. The third kappa shape index (κ3) is 3.39. The van der Waals surface area contributed by atoms with Crippen LogP contribution >= 0.6 is 0 Å². The fraction of sp³-hybridized carbons (Fsp3) is 0.444. The van der Waals surface area contributed by atoms with Gasteiger partial charge in [-0.3, -0.25) is 0 Å². The molecule has 4 rings (SSSR count). The van der Waals surface area contributed by atoms with Crippen LogP contribution in [0.15, 0.2) is 35.7 Å². The monoisotopic (exact) mass is 386 g/mol. The van der Waals surface area contributed by atoms with Crippen molar-refractivity contribution < 1.29 is 8.42 Å². The van der Waals surface area contributed by atoms with E-state index in [2.05, 4.69) is 36.6 Å². The molecular formula is C18H22N6O2S. The Labute approximate surface area is 158 Å². The van der Waals surface area contributed by atoms with E-state index in [1.807, 2.05) is 0 Å². The molecule has 142 valence electrons. The second-order valence-electron chi connectivity index (χ2n) is 6.91. The zero-order chi connectivity index (χ0) is 19.0. The number of sulfone groups is 1. The summed E-state index contributed by atoms with van der Waals surface area (Å²) in [7, 11) is -3.29. The summed E-state index contributed by atoms with van der Waals surface area (Å²) < 4.78 is 26.0. The lowest BCUT2D eigenvalue weighted by atomic mass is 9.97. The molecule has 27 heavy (non-hydrogen) atoms. The van der Waals surface area contributed by atoms with Gasteiger partial charge in [0.15, 0.2) is 9.84 Å². The Morgan fingerprint density at radius 3 is 2.89 bits per heavy atom. The lowest BCUT2D eigenvalue weighted by Gasteiger charge is -2.33. The zero-order valence-electron chi connectivity index (χ0n) is 15.4. The maximum absolute atomic E-state index is 12.0. The van der Waals surface area contributed by atoms with Gasteiger partial charge in [0.25, 0.3) is 0 Å². The molecule has 0 amide bonds. The predicted octanol–water partition coefficient (Wildman–Crippen LogP) is 2.03. The largest absolute Gasteiger partial charge is 0.355 e. The van der Waals surface area contributed by atoms with Crippen molar-refractivity contribution in [3.05, 3.63) is 36.7 Å². The highest BCUT2D eigenvalue weighted by Crippen LogP contribution is 2.32. The predicted molar refractivity (Wildman–Crippen MR) is 103 cm³/mol. The number of hydrogen-bond acceptors (Lipinski definition) is 7. The number of anilines is 1. The van der Waals surface area contributed by atoms with Crippen LogP contribution in [0.2, 0.25) is 0 Å². The van der Waals surface area contributed by atoms with E-state index >= 15 is 0 Å². The molecule has 1 saturated heterocycles. The highest BCUT2D eigenvalue weighted by atomic mass is 32.2. The molecule has 1 aromatic carbocycles. The zero-order valence-corrected chi connectivity index (χ0v) is 16.2. The molecule has 0 N–H and O–H groups in total. The third-order valence-electron chi connectivity index (χ3n) is 5.09. The van der Waals surface area contributed by atoms with Crippen LogP contribution in [0.4, 0.5) is 5.82 Å². The van der Waals surface area contributed by atoms with E-state index in [1.54, 1.807) is 24.5 Å². The fourth-order valence-corrected chi connectivity index (χ4v) is 4.36. The van der Waals surface area contributed by atoms with E-state index in [1.165, 1.54) is 12.6 Å².